The number of ether oxygens (including phenoxy) is 4. The number of hydrogen-bond donors (Lipinski definition) is 5. The molecule has 1 aliphatic rings. The number of phenolic OH excluding ortho intramolecular Hbond substituents is 2. The molecule has 0 saturated carbocycles. The SMILES string of the molecule is C.C.C.CCC(C)C.CCC(C)CCC(O)c1cc(C)cc(OCc2ccccc2)c1.CCC(C)CCC(O)c1cc(O)cc(O)c1.Cc1cc(OCc2ccccc2)cc(C(O)CBr)c1.Cc1cc(OCc2ccccc2)cc(C2CO2)c1.O=CO[O-].[H-].[HH].[K+].[K+].[Pd]. The minimum absolute atomic E-state index is 0. The molecule has 0 aliphatic carbocycles. The number of halogens is 1. The van der Waals surface area contributed by atoms with Crippen molar-refractivity contribution in [1.29, 1.82) is 0 Å². The van der Waals surface area contributed by atoms with E-state index in [0.29, 0.717) is 49.0 Å². The third kappa shape index (κ3) is 42.4. The van der Waals surface area contributed by atoms with Gasteiger partial charge in [0.05, 0.1) is 24.9 Å². The summed E-state index contributed by atoms with van der Waals surface area (Å²) < 4.78 is 22.8. The maximum Gasteiger partial charge on any atom is 1.00 e. The largest absolute Gasteiger partial charge is 1.00 e. The molecule has 5 N–H and O–H groups in total. The van der Waals surface area contributed by atoms with Crippen molar-refractivity contribution >= 4 is 22.4 Å². The van der Waals surface area contributed by atoms with Crippen molar-refractivity contribution in [2.45, 2.75) is 181 Å². The number of carbonyl (C=O) groups is 1. The molecule has 6 atom stereocenters. The number of aliphatic hydroxyl groups excluding tert-OH is 3. The van der Waals surface area contributed by atoms with Crippen LogP contribution in [-0.2, 0) is 54.7 Å². The summed E-state index contributed by atoms with van der Waals surface area (Å²) in [5.74, 6) is 4.63. The number of benzene rings is 7. The maximum absolute atomic E-state index is 10.4. The smallest absolute Gasteiger partial charge is 1.00 e. The van der Waals surface area contributed by atoms with Crippen LogP contribution in [0.5, 0.6) is 28.7 Å². The number of rotatable bonds is 24. The summed E-state index contributed by atoms with van der Waals surface area (Å²) in [7, 11) is 0. The molecule has 7 aromatic rings. The molecule has 0 amide bonds. The first-order chi connectivity index (χ1) is 40.8. The molecule has 16 heteroatoms. The zero-order chi connectivity index (χ0) is 62.5. The number of aryl methyl sites for hydroxylation is 3. The number of carbonyl (C=O) groups excluding carboxylic acids is 1. The van der Waals surface area contributed by atoms with Gasteiger partial charge in [0.2, 0.25) is 0 Å². The Balaban J connectivity index is -0.000000254. The number of alkyl halides is 1. The fourth-order valence-electron chi connectivity index (χ4n) is 8.14. The van der Waals surface area contributed by atoms with Gasteiger partial charge in [-0.2, -0.15) is 0 Å². The molecular formula is C75H109BrK2O12Pd. The van der Waals surface area contributed by atoms with E-state index >= 15 is 0 Å². The molecule has 1 fully saturated rings. The van der Waals surface area contributed by atoms with E-state index in [1.54, 1.807) is 0 Å². The van der Waals surface area contributed by atoms with E-state index in [2.05, 4.69) is 125 Å². The first-order valence-electron chi connectivity index (χ1n) is 29.6. The molecule has 1 aliphatic heterocycles. The first-order valence-corrected chi connectivity index (χ1v) is 30.7. The number of aliphatic hydroxyl groups is 3. The van der Waals surface area contributed by atoms with Crippen molar-refractivity contribution in [2.75, 3.05) is 11.9 Å². The Labute approximate surface area is 658 Å². The molecule has 500 valence electrons. The number of phenols is 2. The van der Waals surface area contributed by atoms with Gasteiger partial charge in [-0.3, -0.25) is 4.79 Å². The van der Waals surface area contributed by atoms with E-state index < -0.39 is 18.3 Å². The third-order valence-corrected chi connectivity index (χ3v) is 14.6. The Morgan fingerprint density at radius 2 is 0.857 bits per heavy atom. The molecule has 0 bridgehead atoms. The summed E-state index contributed by atoms with van der Waals surface area (Å²) in [6, 6.07) is 52.8. The Bertz CT molecular complexity index is 2900. The second kappa shape index (κ2) is 55.4. The van der Waals surface area contributed by atoms with Gasteiger partial charge in [-0.25, -0.2) is 0 Å². The first kappa shape index (κ1) is 94.6. The zero-order valence-electron chi connectivity index (χ0n) is 55.0. The third-order valence-electron chi connectivity index (χ3n) is 14.0. The number of aromatic hydroxyl groups is 2. The van der Waals surface area contributed by atoms with Crippen LogP contribution in [0.15, 0.2) is 164 Å². The normalized spacial score (nSPS) is 12.8. The maximum atomic E-state index is 10.4. The molecule has 0 spiro atoms. The second-order valence-corrected chi connectivity index (χ2v) is 22.7. The average molecular weight is 1470 g/mol. The summed E-state index contributed by atoms with van der Waals surface area (Å²) in [6.07, 6.45) is 5.75. The second-order valence-electron chi connectivity index (χ2n) is 22.0. The van der Waals surface area contributed by atoms with E-state index in [4.69, 9.17) is 29.0 Å². The van der Waals surface area contributed by atoms with Crippen LogP contribution < -0.4 is 122 Å². The van der Waals surface area contributed by atoms with Crippen molar-refractivity contribution < 1.29 is 185 Å². The fourth-order valence-corrected chi connectivity index (χ4v) is 8.51. The molecular weight excluding hydrogens is 1360 g/mol. The topological polar surface area (TPSA) is 191 Å². The molecule has 6 unspecified atom stereocenters. The minimum atomic E-state index is -0.619. The quantitative estimate of drug-likeness (QED) is 0.00962. The molecule has 0 aromatic heterocycles. The van der Waals surface area contributed by atoms with Crippen LogP contribution in [0.4, 0.5) is 0 Å². The fraction of sp³-hybridized carbons (Fsp3) is 0.427. The van der Waals surface area contributed by atoms with Gasteiger partial charge in [0.15, 0.2) is 0 Å². The number of epoxide rings is 1. The van der Waals surface area contributed by atoms with Crippen molar-refractivity contribution in [3.8, 4) is 28.7 Å². The summed E-state index contributed by atoms with van der Waals surface area (Å²) in [4.78, 5) is 11.2. The van der Waals surface area contributed by atoms with Gasteiger partial charge < -0.3 is 56.1 Å². The molecule has 91 heavy (non-hydrogen) atoms. The van der Waals surface area contributed by atoms with Gasteiger partial charge in [-0.1, -0.05) is 215 Å². The molecule has 1 saturated heterocycles. The van der Waals surface area contributed by atoms with E-state index in [0.717, 1.165) is 95.3 Å². The van der Waals surface area contributed by atoms with Crippen LogP contribution in [0.25, 0.3) is 0 Å². The van der Waals surface area contributed by atoms with Crippen molar-refractivity contribution in [1.82, 2.24) is 0 Å². The average Bonchev–Trinajstić information content (AvgIpc) is 2.33. The van der Waals surface area contributed by atoms with Crippen LogP contribution in [0.1, 0.15) is 199 Å². The van der Waals surface area contributed by atoms with Gasteiger partial charge in [0.25, 0.3) is 6.47 Å². The van der Waals surface area contributed by atoms with Gasteiger partial charge in [-0.15, -0.1) is 0 Å². The zero-order valence-corrected chi connectivity index (χ0v) is 63.4. The summed E-state index contributed by atoms with van der Waals surface area (Å²) >= 11 is 3.29. The standard InChI is InChI=1S/C21H28O2.C16H17BrO2.C16H16O2.C13H20O3.C5H12.CH2O3.3CH4.2K.Pd.H2.H/c1-4-16(2)10-11-21(22)19-12-17(3)13-20(14-19)23-15-18-8-6-5-7-9-18;1-12-7-14(16(18)10-17)9-15(8-12)19-11-13-5-3-2-4-6-13;1-12-7-14(16-11-18-16)9-15(8-12)17-10-13-5-3-2-4-6-13;1-3-9(2)4-5-13(16)10-6-11(14)8-12(15)7-10;1-4-5(2)3;2-1-4-3;;;;;;;;/h5-9,12-14,16,21-22H,4,10-11,15H2,1-3H3;2-9,16,18H,10-11H2,1H3;2-9,16H,10-11H2,1H3;6-9,13-16H,3-5H2,1-2H3;5H,4H2,1-3H3;1,3H;3*1H4;;;;1H;/q;;;;;;;;;2*+1;;;-1/p-1. The van der Waals surface area contributed by atoms with Crippen LogP contribution in [-0.4, -0.2) is 43.9 Å². The van der Waals surface area contributed by atoms with Gasteiger partial charge >= 0.3 is 103 Å². The summed E-state index contributed by atoms with van der Waals surface area (Å²) in [5.41, 5.74) is 10.5. The Kier molecular flexibility index (Phi) is 57.6. The predicted octanol–water partition coefficient (Wildman–Crippen LogP) is 12.8. The Hall–Kier alpha value is -2.77. The van der Waals surface area contributed by atoms with Gasteiger partial charge in [0.1, 0.15) is 54.7 Å². The van der Waals surface area contributed by atoms with Gasteiger partial charge in [-0.05, 0) is 168 Å². The van der Waals surface area contributed by atoms with Crippen molar-refractivity contribution in [3.05, 3.63) is 219 Å². The monoisotopic (exact) mass is 1460 g/mol. The van der Waals surface area contributed by atoms with E-state index in [9.17, 15) is 25.5 Å². The summed E-state index contributed by atoms with van der Waals surface area (Å²) in [5, 5.41) is 57.7. The summed E-state index contributed by atoms with van der Waals surface area (Å²) in [6.45, 7) is 23.8. The molecule has 7 aromatic carbocycles. The number of hydrogen-bond acceptors (Lipinski definition) is 12. The predicted molar refractivity (Wildman–Crippen MR) is 366 cm³/mol. The van der Waals surface area contributed by atoms with Gasteiger partial charge in [0, 0.05) is 33.2 Å². The Morgan fingerprint density at radius 1 is 0.538 bits per heavy atom. The van der Waals surface area contributed by atoms with Crippen LogP contribution in [0, 0.1) is 38.5 Å². The van der Waals surface area contributed by atoms with Crippen LogP contribution >= 0.6 is 15.9 Å². The minimum Gasteiger partial charge on any atom is -1.00 e. The Morgan fingerprint density at radius 3 is 1.16 bits per heavy atom. The molecule has 0 radical (unpaired) electrons. The molecule has 12 nitrogen and oxygen atoms in total. The van der Waals surface area contributed by atoms with E-state index in [1.807, 2.05) is 111 Å². The van der Waals surface area contributed by atoms with E-state index in [-0.39, 0.29) is 172 Å². The van der Waals surface area contributed by atoms with Crippen molar-refractivity contribution in [3.63, 3.8) is 0 Å². The van der Waals surface area contributed by atoms with Crippen molar-refractivity contribution in [2.24, 2.45) is 17.8 Å². The molecule has 8 rings (SSSR count). The van der Waals surface area contributed by atoms with Crippen LogP contribution in [0.2, 0.25) is 0 Å². The van der Waals surface area contributed by atoms with Crippen LogP contribution in [0.3, 0.4) is 0 Å². The molecule has 1 heterocycles. The van der Waals surface area contributed by atoms with E-state index in [1.165, 1.54) is 41.3 Å².